The van der Waals surface area contributed by atoms with Crippen LogP contribution in [0.5, 0.6) is 0 Å². The fourth-order valence-corrected chi connectivity index (χ4v) is 5.23. The van der Waals surface area contributed by atoms with Crippen LogP contribution in [-0.4, -0.2) is 37.2 Å². The molecule has 0 saturated heterocycles. The first-order valence-electron chi connectivity index (χ1n) is 20.4. The van der Waals surface area contributed by atoms with Crippen LogP contribution >= 0.6 is 0 Å². The maximum atomic E-state index is 12.6. The average Bonchev–Trinajstić information content (AvgIpc) is 3.12. The fraction of sp³-hybridized carbons (Fsp3) is 0.667. The minimum Gasteiger partial charge on any atom is -0.462 e. The van der Waals surface area contributed by atoms with Crippen molar-refractivity contribution in [2.24, 2.45) is 0 Å². The second-order valence-electron chi connectivity index (χ2n) is 13.2. The Kier molecular flexibility index (Phi) is 37.2. The van der Waals surface area contributed by atoms with Crippen LogP contribution in [0.4, 0.5) is 0 Å². The number of esters is 3. The Morgan fingerprint density at radius 3 is 1.35 bits per heavy atom. The SMILES string of the molecule is CC/C=C\C/C=C\C/C=C\CCCC(=O)OC(COC(=O)C/C=C\C/C=C\C/C=C\CC)COC(=O)CCCCCCCCCCCCCCC. The molecule has 6 heteroatoms. The van der Waals surface area contributed by atoms with E-state index in [9.17, 15) is 14.4 Å². The van der Waals surface area contributed by atoms with E-state index >= 15 is 0 Å². The molecule has 0 aromatic rings. The van der Waals surface area contributed by atoms with Crippen LogP contribution in [0.25, 0.3) is 0 Å². The van der Waals surface area contributed by atoms with Crippen LogP contribution in [-0.2, 0) is 28.6 Å². The maximum absolute atomic E-state index is 12.6. The largest absolute Gasteiger partial charge is 0.462 e. The Hall–Kier alpha value is -3.15. The summed E-state index contributed by atoms with van der Waals surface area (Å²) in [4.78, 5) is 37.4. The Bertz CT molecular complexity index is 1000. The van der Waals surface area contributed by atoms with Crippen LogP contribution in [0.3, 0.4) is 0 Å². The molecule has 290 valence electrons. The molecular formula is C45H74O6. The van der Waals surface area contributed by atoms with Gasteiger partial charge in [-0.05, 0) is 57.8 Å². The van der Waals surface area contributed by atoms with Gasteiger partial charge in [0.1, 0.15) is 13.2 Å². The van der Waals surface area contributed by atoms with Gasteiger partial charge in [0.05, 0.1) is 6.42 Å². The standard InChI is InChI=1S/C45H74O6/c1-4-7-10-13-16-19-21-22-24-26-29-32-35-38-44(47)50-41-42(40-49-43(46)37-34-31-28-25-18-15-12-9-6-3)51-45(48)39-36-33-30-27-23-20-17-14-11-8-5-2/h8-9,11-12,17-18,20,25,27,30-31,34,42H,4-7,10,13-16,19,21-24,26,28-29,32-33,35-41H2,1-3H3/b11-8-,12-9-,20-17-,25-18-,30-27-,34-31-. The summed E-state index contributed by atoms with van der Waals surface area (Å²) in [5.41, 5.74) is 0. The summed E-state index contributed by atoms with van der Waals surface area (Å²) in [6.07, 6.45) is 47.9. The van der Waals surface area contributed by atoms with Gasteiger partial charge in [0.15, 0.2) is 6.10 Å². The number of hydrogen-bond donors (Lipinski definition) is 0. The van der Waals surface area contributed by atoms with E-state index in [-0.39, 0.29) is 38.0 Å². The lowest BCUT2D eigenvalue weighted by Crippen LogP contribution is -2.30. The molecule has 0 aromatic heterocycles. The molecule has 1 atom stereocenters. The van der Waals surface area contributed by atoms with Crippen LogP contribution in [0.1, 0.15) is 175 Å². The lowest BCUT2D eigenvalue weighted by atomic mass is 10.0. The van der Waals surface area contributed by atoms with Crippen LogP contribution in [0.2, 0.25) is 0 Å². The molecule has 0 aromatic carbocycles. The minimum atomic E-state index is -0.831. The predicted octanol–water partition coefficient (Wildman–Crippen LogP) is 12.7. The Morgan fingerprint density at radius 2 is 0.843 bits per heavy atom. The van der Waals surface area contributed by atoms with Gasteiger partial charge in [-0.25, -0.2) is 0 Å². The molecular weight excluding hydrogens is 636 g/mol. The highest BCUT2D eigenvalue weighted by molar-refractivity contribution is 5.72. The topological polar surface area (TPSA) is 78.9 Å². The average molecular weight is 711 g/mol. The molecule has 0 spiro atoms. The first-order chi connectivity index (χ1) is 25.0. The van der Waals surface area contributed by atoms with E-state index < -0.39 is 12.1 Å². The Balaban J connectivity index is 4.51. The summed E-state index contributed by atoms with van der Waals surface area (Å²) in [5.74, 6) is -1.12. The van der Waals surface area contributed by atoms with E-state index in [1.165, 1.54) is 64.2 Å². The third-order valence-electron chi connectivity index (χ3n) is 8.24. The van der Waals surface area contributed by atoms with Gasteiger partial charge < -0.3 is 14.2 Å². The number of allylic oxidation sites excluding steroid dienone is 11. The molecule has 6 nitrogen and oxygen atoms in total. The molecule has 0 rings (SSSR count). The molecule has 0 fully saturated rings. The van der Waals surface area contributed by atoms with Gasteiger partial charge in [-0.1, -0.05) is 171 Å². The van der Waals surface area contributed by atoms with E-state index in [4.69, 9.17) is 14.2 Å². The van der Waals surface area contributed by atoms with Crippen molar-refractivity contribution in [3.05, 3.63) is 72.9 Å². The third kappa shape index (κ3) is 37.9. The van der Waals surface area contributed by atoms with Crippen molar-refractivity contribution in [1.82, 2.24) is 0 Å². The summed E-state index contributed by atoms with van der Waals surface area (Å²) >= 11 is 0. The second-order valence-corrected chi connectivity index (χ2v) is 13.2. The highest BCUT2D eigenvalue weighted by Crippen LogP contribution is 2.13. The first kappa shape index (κ1) is 47.8. The van der Waals surface area contributed by atoms with Crippen LogP contribution < -0.4 is 0 Å². The smallest absolute Gasteiger partial charge is 0.309 e. The summed E-state index contributed by atoms with van der Waals surface area (Å²) in [5, 5.41) is 0. The number of carbonyl (C=O) groups is 3. The van der Waals surface area contributed by atoms with Crippen molar-refractivity contribution in [3.8, 4) is 0 Å². The van der Waals surface area contributed by atoms with Gasteiger partial charge in [0, 0.05) is 12.8 Å². The molecule has 0 radical (unpaired) electrons. The molecule has 0 bridgehead atoms. The Labute approximate surface area is 312 Å². The molecule has 0 saturated carbocycles. The third-order valence-corrected chi connectivity index (χ3v) is 8.24. The second kappa shape index (κ2) is 39.6. The van der Waals surface area contributed by atoms with E-state index in [0.717, 1.165) is 64.2 Å². The zero-order valence-electron chi connectivity index (χ0n) is 32.8. The number of ether oxygens (including phenoxy) is 3. The van der Waals surface area contributed by atoms with Crippen molar-refractivity contribution in [2.45, 2.75) is 181 Å². The van der Waals surface area contributed by atoms with Gasteiger partial charge in [0.25, 0.3) is 0 Å². The van der Waals surface area contributed by atoms with Crippen molar-refractivity contribution < 1.29 is 28.6 Å². The zero-order valence-corrected chi connectivity index (χ0v) is 32.8. The number of carbonyl (C=O) groups excluding carboxylic acids is 3. The van der Waals surface area contributed by atoms with Crippen molar-refractivity contribution >= 4 is 17.9 Å². The van der Waals surface area contributed by atoms with Crippen molar-refractivity contribution in [2.75, 3.05) is 13.2 Å². The maximum Gasteiger partial charge on any atom is 0.309 e. The molecule has 0 N–H and O–H groups in total. The summed E-state index contributed by atoms with van der Waals surface area (Å²) in [6.45, 7) is 6.22. The number of hydrogen-bond acceptors (Lipinski definition) is 6. The lowest BCUT2D eigenvalue weighted by Gasteiger charge is -2.18. The quantitative estimate of drug-likeness (QED) is 0.0282. The van der Waals surface area contributed by atoms with Crippen molar-refractivity contribution in [1.29, 1.82) is 0 Å². The lowest BCUT2D eigenvalue weighted by molar-refractivity contribution is -0.166. The molecule has 0 aliphatic carbocycles. The highest BCUT2D eigenvalue weighted by Gasteiger charge is 2.19. The minimum absolute atomic E-state index is 0.122. The van der Waals surface area contributed by atoms with Gasteiger partial charge in [-0.15, -0.1) is 0 Å². The summed E-state index contributed by atoms with van der Waals surface area (Å²) in [6, 6.07) is 0. The van der Waals surface area contributed by atoms with Crippen molar-refractivity contribution in [3.63, 3.8) is 0 Å². The fourth-order valence-electron chi connectivity index (χ4n) is 5.23. The van der Waals surface area contributed by atoms with E-state index in [1.807, 2.05) is 6.08 Å². The molecule has 0 amide bonds. The Morgan fingerprint density at radius 1 is 0.431 bits per heavy atom. The first-order valence-corrected chi connectivity index (χ1v) is 20.4. The van der Waals surface area contributed by atoms with Crippen LogP contribution in [0, 0.1) is 0 Å². The molecule has 0 aliphatic heterocycles. The van der Waals surface area contributed by atoms with Gasteiger partial charge in [-0.3, -0.25) is 14.4 Å². The molecule has 0 aliphatic rings. The monoisotopic (exact) mass is 711 g/mol. The van der Waals surface area contributed by atoms with Gasteiger partial charge in [0.2, 0.25) is 0 Å². The normalized spacial score (nSPS) is 12.8. The molecule has 0 heterocycles. The van der Waals surface area contributed by atoms with Gasteiger partial charge >= 0.3 is 17.9 Å². The van der Waals surface area contributed by atoms with E-state index in [0.29, 0.717) is 12.8 Å². The van der Waals surface area contributed by atoms with Gasteiger partial charge in [-0.2, -0.15) is 0 Å². The number of unbranched alkanes of at least 4 members (excludes halogenated alkanes) is 13. The molecule has 1 unspecified atom stereocenters. The number of rotatable bonds is 35. The zero-order chi connectivity index (χ0) is 37.3. The van der Waals surface area contributed by atoms with Crippen LogP contribution in [0.15, 0.2) is 72.9 Å². The van der Waals surface area contributed by atoms with E-state index in [2.05, 4.69) is 81.5 Å². The summed E-state index contributed by atoms with van der Waals surface area (Å²) < 4.78 is 16.5. The summed E-state index contributed by atoms with van der Waals surface area (Å²) in [7, 11) is 0. The molecule has 51 heavy (non-hydrogen) atoms. The van der Waals surface area contributed by atoms with E-state index in [1.54, 1.807) is 6.08 Å². The highest BCUT2D eigenvalue weighted by atomic mass is 16.6. The predicted molar refractivity (Wildman–Crippen MR) is 214 cm³/mol.